The van der Waals surface area contributed by atoms with E-state index in [-0.39, 0.29) is 0 Å². The predicted octanol–water partition coefficient (Wildman–Crippen LogP) is 1.52. The fourth-order valence-corrected chi connectivity index (χ4v) is 1.74. The summed E-state index contributed by atoms with van der Waals surface area (Å²) < 4.78 is 0. The van der Waals surface area contributed by atoms with Crippen molar-refractivity contribution in [3.05, 3.63) is 35.9 Å². The molecule has 3 nitrogen and oxygen atoms in total. The standard InChI is InChI=1S/C11H13NO2/c13-11(14)10(12-7-4-8-12)9-5-2-1-3-6-9/h1-3,5-6,10H,4,7-8H2,(H,13,14)/t10-/m1/s1. The summed E-state index contributed by atoms with van der Waals surface area (Å²) >= 11 is 0. The highest BCUT2D eigenvalue weighted by Gasteiger charge is 2.30. The molecule has 1 saturated heterocycles. The van der Waals surface area contributed by atoms with E-state index in [4.69, 9.17) is 5.11 Å². The minimum absolute atomic E-state index is 0.454. The molecule has 0 aromatic heterocycles. The Morgan fingerprint density at radius 1 is 1.29 bits per heavy atom. The van der Waals surface area contributed by atoms with Gasteiger partial charge in [0.2, 0.25) is 0 Å². The van der Waals surface area contributed by atoms with Crippen LogP contribution in [0.25, 0.3) is 0 Å². The highest BCUT2D eigenvalue weighted by atomic mass is 16.4. The topological polar surface area (TPSA) is 40.5 Å². The molecule has 1 heterocycles. The Hall–Kier alpha value is -1.35. The Morgan fingerprint density at radius 2 is 1.93 bits per heavy atom. The normalized spacial score (nSPS) is 18.6. The van der Waals surface area contributed by atoms with Gasteiger partial charge in [0.05, 0.1) is 0 Å². The van der Waals surface area contributed by atoms with Crippen LogP contribution >= 0.6 is 0 Å². The first-order valence-electron chi connectivity index (χ1n) is 4.81. The van der Waals surface area contributed by atoms with E-state index in [0.717, 1.165) is 25.1 Å². The van der Waals surface area contributed by atoms with Crippen LogP contribution in [0.3, 0.4) is 0 Å². The molecule has 74 valence electrons. The summed E-state index contributed by atoms with van der Waals surface area (Å²) in [6.45, 7) is 1.79. The van der Waals surface area contributed by atoms with Crippen LogP contribution in [0.5, 0.6) is 0 Å². The predicted molar refractivity (Wildman–Crippen MR) is 53.0 cm³/mol. The second-order valence-corrected chi connectivity index (χ2v) is 3.54. The molecule has 1 fully saturated rings. The van der Waals surface area contributed by atoms with Crippen molar-refractivity contribution >= 4 is 5.97 Å². The van der Waals surface area contributed by atoms with Crippen LogP contribution in [0.15, 0.2) is 30.3 Å². The molecule has 1 aromatic carbocycles. The Labute approximate surface area is 83.0 Å². The molecule has 0 spiro atoms. The van der Waals surface area contributed by atoms with Gasteiger partial charge in [0.15, 0.2) is 0 Å². The van der Waals surface area contributed by atoms with Crippen LogP contribution < -0.4 is 0 Å². The Kier molecular flexibility index (Phi) is 2.50. The lowest BCUT2D eigenvalue weighted by atomic mass is 10.0. The maximum absolute atomic E-state index is 11.1. The number of nitrogens with zero attached hydrogens (tertiary/aromatic N) is 1. The number of aliphatic carboxylic acids is 1. The highest BCUT2D eigenvalue weighted by Crippen LogP contribution is 2.25. The van der Waals surface area contributed by atoms with Crippen molar-refractivity contribution in [2.24, 2.45) is 0 Å². The van der Waals surface area contributed by atoms with Gasteiger partial charge in [-0.05, 0) is 12.0 Å². The molecule has 1 atom stereocenters. The lowest BCUT2D eigenvalue weighted by molar-refractivity contribution is -0.145. The Balaban J connectivity index is 2.22. The summed E-state index contributed by atoms with van der Waals surface area (Å²) in [6.07, 6.45) is 1.11. The number of carbonyl (C=O) groups is 1. The smallest absolute Gasteiger partial charge is 0.325 e. The van der Waals surface area contributed by atoms with Crippen molar-refractivity contribution < 1.29 is 9.90 Å². The second kappa shape index (κ2) is 3.80. The third-order valence-corrected chi connectivity index (χ3v) is 2.61. The van der Waals surface area contributed by atoms with Crippen LogP contribution in [0.4, 0.5) is 0 Å². The first kappa shape index (κ1) is 9.21. The van der Waals surface area contributed by atoms with Gasteiger partial charge >= 0.3 is 5.97 Å². The third kappa shape index (κ3) is 1.63. The molecule has 1 aromatic rings. The van der Waals surface area contributed by atoms with Crippen LogP contribution in [0, 0.1) is 0 Å². The molecular formula is C11H13NO2. The molecule has 0 aliphatic carbocycles. The van der Waals surface area contributed by atoms with Crippen molar-refractivity contribution in [3.8, 4) is 0 Å². The number of hydrogen-bond donors (Lipinski definition) is 1. The van der Waals surface area contributed by atoms with E-state index in [2.05, 4.69) is 0 Å². The maximum Gasteiger partial charge on any atom is 0.325 e. The Bertz CT molecular complexity index is 319. The fraction of sp³-hybridized carbons (Fsp3) is 0.364. The first-order chi connectivity index (χ1) is 6.79. The molecule has 14 heavy (non-hydrogen) atoms. The van der Waals surface area contributed by atoms with Crippen LogP contribution in [-0.2, 0) is 4.79 Å². The van der Waals surface area contributed by atoms with Gasteiger partial charge in [-0.15, -0.1) is 0 Å². The average Bonchev–Trinajstić information content (AvgIpc) is 2.12. The van der Waals surface area contributed by atoms with E-state index in [1.165, 1.54) is 0 Å². The van der Waals surface area contributed by atoms with Gasteiger partial charge in [0.1, 0.15) is 6.04 Å². The number of benzene rings is 1. The lowest BCUT2D eigenvalue weighted by Gasteiger charge is -2.36. The summed E-state index contributed by atoms with van der Waals surface area (Å²) in [6, 6.07) is 8.95. The molecule has 1 aliphatic heterocycles. The zero-order chi connectivity index (χ0) is 9.97. The molecule has 2 rings (SSSR count). The summed E-state index contributed by atoms with van der Waals surface area (Å²) in [5, 5.41) is 9.12. The molecule has 0 radical (unpaired) electrons. The van der Waals surface area contributed by atoms with Crippen molar-refractivity contribution in [1.82, 2.24) is 4.90 Å². The molecule has 0 bridgehead atoms. The minimum atomic E-state index is -0.754. The van der Waals surface area contributed by atoms with Gasteiger partial charge in [0, 0.05) is 13.1 Å². The number of carboxylic acids is 1. The molecule has 0 saturated carbocycles. The van der Waals surface area contributed by atoms with E-state index in [9.17, 15) is 4.79 Å². The maximum atomic E-state index is 11.1. The van der Waals surface area contributed by atoms with Crippen molar-refractivity contribution in [2.45, 2.75) is 12.5 Å². The summed E-state index contributed by atoms with van der Waals surface area (Å²) in [5.74, 6) is -0.754. The van der Waals surface area contributed by atoms with Crippen LogP contribution in [-0.4, -0.2) is 29.1 Å². The third-order valence-electron chi connectivity index (χ3n) is 2.61. The van der Waals surface area contributed by atoms with Gasteiger partial charge in [-0.3, -0.25) is 9.69 Å². The molecule has 0 unspecified atom stereocenters. The second-order valence-electron chi connectivity index (χ2n) is 3.54. The molecular weight excluding hydrogens is 178 g/mol. The van der Waals surface area contributed by atoms with E-state index < -0.39 is 12.0 Å². The van der Waals surface area contributed by atoms with Gasteiger partial charge in [-0.2, -0.15) is 0 Å². The molecule has 1 N–H and O–H groups in total. The van der Waals surface area contributed by atoms with E-state index in [0.29, 0.717) is 0 Å². The number of carboxylic acid groups (broad SMARTS) is 1. The molecule has 3 heteroatoms. The Morgan fingerprint density at radius 3 is 2.36 bits per heavy atom. The van der Waals surface area contributed by atoms with Crippen LogP contribution in [0.1, 0.15) is 18.0 Å². The average molecular weight is 191 g/mol. The number of rotatable bonds is 3. The quantitative estimate of drug-likeness (QED) is 0.787. The first-order valence-corrected chi connectivity index (χ1v) is 4.81. The molecule has 1 aliphatic rings. The summed E-state index contributed by atoms with van der Waals surface area (Å²) in [5.41, 5.74) is 0.875. The minimum Gasteiger partial charge on any atom is -0.480 e. The van der Waals surface area contributed by atoms with E-state index in [1.54, 1.807) is 0 Å². The largest absolute Gasteiger partial charge is 0.480 e. The molecule has 0 amide bonds. The fourth-order valence-electron chi connectivity index (χ4n) is 1.74. The SMILES string of the molecule is O=C(O)[C@@H](c1ccccc1)N1CCC1. The van der Waals surface area contributed by atoms with E-state index in [1.807, 2.05) is 35.2 Å². The van der Waals surface area contributed by atoms with Crippen molar-refractivity contribution in [3.63, 3.8) is 0 Å². The van der Waals surface area contributed by atoms with Crippen molar-refractivity contribution in [2.75, 3.05) is 13.1 Å². The highest BCUT2D eigenvalue weighted by molar-refractivity contribution is 5.75. The van der Waals surface area contributed by atoms with Crippen molar-refractivity contribution in [1.29, 1.82) is 0 Å². The van der Waals surface area contributed by atoms with Gasteiger partial charge in [0.25, 0.3) is 0 Å². The lowest BCUT2D eigenvalue weighted by Crippen LogP contribution is -2.43. The van der Waals surface area contributed by atoms with Gasteiger partial charge < -0.3 is 5.11 Å². The van der Waals surface area contributed by atoms with Crippen LogP contribution in [0.2, 0.25) is 0 Å². The zero-order valence-electron chi connectivity index (χ0n) is 7.89. The van der Waals surface area contributed by atoms with Gasteiger partial charge in [-0.1, -0.05) is 30.3 Å². The number of hydrogen-bond acceptors (Lipinski definition) is 2. The van der Waals surface area contributed by atoms with Gasteiger partial charge in [-0.25, -0.2) is 0 Å². The summed E-state index contributed by atoms with van der Waals surface area (Å²) in [4.78, 5) is 13.1. The monoisotopic (exact) mass is 191 g/mol. The zero-order valence-corrected chi connectivity index (χ0v) is 7.89. The van der Waals surface area contributed by atoms with E-state index >= 15 is 0 Å². The summed E-state index contributed by atoms with van der Waals surface area (Å²) in [7, 11) is 0. The number of likely N-dealkylation sites (tertiary alicyclic amines) is 1.